The minimum Gasteiger partial charge on any atom is -0.508 e. The predicted octanol–water partition coefficient (Wildman–Crippen LogP) is 5.77. The summed E-state index contributed by atoms with van der Waals surface area (Å²) in [6.45, 7) is -0.0893. The Morgan fingerprint density at radius 3 is 2.37 bits per heavy atom. The third kappa shape index (κ3) is 5.61. The zero-order valence-corrected chi connectivity index (χ0v) is 22.7. The Bertz CT molecular complexity index is 1640. The van der Waals surface area contributed by atoms with Crippen molar-refractivity contribution in [2.75, 3.05) is 16.8 Å². The molecule has 0 saturated carbocycles. The van der Waals surface area contributed by atoms with E-state index in [-0.39, 0.29) is 30.3 Å². The second-order valence-electron chi connectivity index (χ2n) is 9.51. The summed E-state index contributed by atoms with van der Waals surface area (Å²) in [5.41, 5.74) is 4.29. The van der Waals surface area contributed by atoms with Crippen LogP contribution in [0.1, 0.15) is 23.5 Å². The van der Waals surface area contributed by atoms with Gasteiger partial charge in [0.15, 0.2) is 11.7 Å². The number of aromatic hydroxyl groups is 1. The quantitative estimate of drug-likeness (QED) is 0.207. The fourth-order valence-corrected chi connectivity index (χ4v) is 5.33. The summed E-state index contributed by atoms with van der Waals surface area (Å²) in [6, 6.07) is 33.3. The lowest BCUT2D eigenvalue weighted by molar-refractivity contribution is -0.118. The first kappa shape index (κ1) is 26.1. The van der Waals surface area contributed by atoms with E-state index in [4.69, 9.17) is 17.0 Å². The number of hydrogen-bond donors (Lipinski definition) is 3. The number of amides is 1. The van der Waals surface area contributed by atoms with Crippen LogP contribution in [0.3, 0.4) is 0 Å². The summed E-state index contributed by atoms with van der Waals surface area (Å²) in [7, 11) is 0. The molecule has 1 aliphatic rings. The summed E-state index contributed by atoms with van der Waals surface area (Å²) < 4.78 is 7.64. The zero-order valence-electron chi connectivity index (χ0n) is 21.9. The number of ether oxygens (including phenoxy) is 1. The smallest absolute Gasteiger partial charge is 0.262 e. The summed E-state index contributed by atoms with van der Waals surface area (Å²) in [5, 5.41) is 16.8. The molecule has 8 nitrogen and oxygen atoms in total. The van der Waals surface area contributed by atoms with Gasteiger partial charge >= 0.3 is 0 Å². The molecule has 5 aromatic rings. The number of para-hydroxylation sites is 1. The van der Waals surface area contributed by atoms with Crippen LogP contribution in [0.5, 0.6) is 11.5 Å². The Balaban J connectivity index is 1.28. The number of pyridine rings is 1. The molecule has 1 aliphatic heterocycles. The van der Waals surface area contributed by atoms with Crippen molar-refractivity contribution in [2.24, 2.45) is 0 Å². The van der Waals surface area contributed by atoms with E-state index in [1.807, 2.05) is 97.2 Å². The van der Waals surface area contributed by atoms with Crippen molar-refractivity contribution < 1.29 is 14.6 Å². The molecular formula is C32H27N5O3S. The van der Waals surface area contributed by atoms with Gasteiger partial charge in [-0.3, -0.25) is 9.78 Å². The number of phenolic OH excluding ortho intramolecular Hbond substituents is 1. The van der Waals surface area contributed by atoms with Crippen LogP contribution in [0.4, 0.5) is 11.4 Å². The van der Waals surface area contributed by atoms with E-state index in [2.05, 4.69) is 31.2 Å². The van der Waals surface area contributed by atoms with Gasteiger partial charge in [0, 0.05) is 35.1 Å². The molecule has 0 spiro atoms. The number of benzene rings is 3. The fourth-order valence-electron chi connectivity index (χ4n) is 4.98. The molecule has 3 aromatic carbocycles. The normalized spacial score (nSPS) is 16.3. The van der Waals surface area contributed by atoms with Crippen molar-refractivity contribution in [3.63, 3.8) is 0 Å². The largest absolute Gasteiger partial charge is 0.508 e. The molecule has 2 aromatic heterocycles. The highest BCUT2D eigenvalue weighted by molar-refractivity contribution is 7.80. The number of aromatic nitrogens is 2. The lowest BCUT2D eigenvalue weighted by Gasteiger charge is -2.29. The average molecular weight is 562 g/mol. The molecule has 0 aliphatic carbocycles. The molecule has 0 unspecified atom stereocenters. The molecule has 1 amide bonds. The van der Waals surface area contributed by atoms with Crippen LogP contribution in [-0.2, 0) is 4.79 Å². The number of hydrogen-bond acceptors (Lipinski definition) is 5. The molecule has 1 fully saturated rings. The van der Waals surface area contributed by atoms with Gasteiger partial charge in [0.05, 0.1) is 11.7 Å². The lowest BCUT2D eigenvalue weighted by atomic mass is 10.0. The number of nitrogens with zero attached hydrogens (tertiary/aromatic N) is 3. The third-order valence-corrected chi connectivity index (χ3v) is 7.17. The lowest BCUT2D eigenvalue weighted by Crippen LogP contribution is -2.30. The second kappa shape index (κ2) is 11.5. The number of nitrogens with one attached hydrogen (secondary N) is 2. The number of carbonyl (C=O) groups excluding carboxylic acids is 1. The van der Waals surface area contributed by atoms with Gasteiger partial charge in [0.25, 0.3) is 5.91 Å². The van der Waals surface area contributed by atoms with E-state index in [9.17, 15) is 9.90 Å². The third-order valence-electron chi connectivity index (χ3n) is 6.85. The molecule has 2 atom stereocenters. The Morgan fingerprint density at radius 2 is 1.63 bits per heavy atom. The highest BCUT2D eigenvalue weighted by atomic mass is 32.1. The highest BCUT2D eigenvalue weighted by Crippen LogP contribution is 2.42. The molecule has 0 radical (unpaired) electrons. The van der Waals surface area contributed by atoms with E-state index in [1.165, 1.54) is 0 Å². The van der Waals surface area contributed by atoms with Gasteiger partial charge in [-0.15, -0.1) is 0 Å². The van der Waals surface area contributed by atoms with Crippen molar-refractivity contribution in [1.29, 1.82) is 0 Å². The van der Waals surface area contributed by atoms with Crippen LogP contribution in [-0.4, -0.2) is 32.3 Å². The number of phenols is 1. The van der Waals surface area contributed by atoms with Gasteiger partial charge in [0.2, 0.25) is 0 Å². The number of thiocarbonyl (C=S) groups is 1. The van der Waals surface area contributed by atoms with Gasteiger partial charge in [0.1, 0.15) is 17.5 Å². The molecule has 1 saturated heterocycles. The summed E-state index contributed by atoms with van der Waals surface area (Å²) in [6.07, 6.45) is 3.77. The van der Waals surface area contributed by atoms with Gasteiger partial charge < -0.3 is 29.9 Å². The monoisotopic (exact) mass is 561 g/mol. The number of carbonyl (C=O) groups is 1. The van der Waals surface area contributed by atoms with Crippen molar-refractivity contribution in [1.82, 2.24) is 14.9 Å². The minimum atomic E-state index is -0.250. The Hall–Kier alpha value is -5.15. The molecule has 41 heavy (non-hydrogen) atoms. The van der Waals surface area contributed by atoms with E-state index in [1.54, 1.807) is 18.3 Å². The minimum absolute atomic E-state index is 0.0893. The molecular weight excluding hydrogens is 534 g/mol. The van der Waals surface area contributed by atoms with Crippen molar-refractivity contribution in [3.05, 3.63) is 133 Å². The summed E-state index contributed by atoms with van der Waals surface area (Å²) in [5.74, 6) is 0.594. The Morgan fingerprint density at radius 1 is 0.902 bits per heavy atom. The SMILES string of the molecule is O=C(COc1ccccc1)Nc1ccc(N2C(=S)N[C@H](c3ccccn3)[C@@H]2c2cccn2-c2ccc(O)cc2)cc1. The van der Waals surface area contributed by atoms with Crippen LogP contribution >= 0.6 is 12.2 Å². The molecule has 0 bridgehead atoms. The van der Waals surface area contributed by atoms with E-state index < -0.39 is 0 Å². The van der Waals surface area contributed by atoms with E-state index in [0.29, 0.717) is 16.5 Å². The first-order valence-electron chi connectivity index (χ1n) is 13.1. The van der Waals surface area contributed by atoms with Crippen LogP contribution in [0, 0.1) is 0 Å². The van der Waals surface area contributed by atoms with Crippen LogP contribution in [0.2, 0.25) is 0 Å². The standard InChI is InChI=1S/C32H27N5O3S/c38-25-17-15-23(16-18-25)36-20-6-10-28(36)31-30(27-9-4-5-19-33-27)35-32(41)37(31)24-13-11-22(12-14-24)34-29(39)21-40-26-7-2-1-3-8-26/h1-20,30-31,38H,21H2,(H,34,39)(H,35,41)/t30-,31+/m1/s1. The van der Waals surface area contributed by atoms with Crippen LogP contribution < -0.4 is 20.3 Å². The van der Waals surface area contributed by atoms with Crippen LogP contribution in [0.25, 0.3) is 5.69 Å². The maximum absolute atomic E-state index is 12.5. The van der Waals surface area contributed by atoms with Crippen molar-refractivity contribution >= 4 is 34.6 Å². The average Bonchev–Trinajstić information content (AvgIpc) is 3.62. The molecule has 9 heteroatoms. The second-order valence-corrected chi connectivity index (χ2v) is 9.90. The maximum Gasteiger partial charge on any atom is 0.262 e. The van der Waals surface area contributed by atoms with Gasteiger partial charge in [-0.2, -0.15) is 0 Å². The molecule has 3 heterocycles. The maximum atomic E-state index is 12.5. The topological polar surface area (TPSA) is 91.7 Å². The van der Waals surface area contributed by atoms with Crippen LogP contribution in [0.15, 0.2) is 122 Å². The number of rotatable bonds is 8. The van der Waals surface area contributed by atoms with E-state index in [0.717, 1.165) is 22.8 Å². The van der Waals surface area contributed by atoms with Crippen molar-refractivity contribution in [3.8, 4) is 17.2 Å². The van der Waals surface area contributed by atoms with Gasteiger partial charge in [-0.1, -0.05) is 24.3 Å². The zero-order chi connectivity index (χ0) is 28.2. The summed E-state index contributed by atoms with van der Waals surface area (Å²) >= 11 is 5.87. The molecule has 6 rings (SSSR count). The predicted molar refractivity (Wildman–Crippen MR) is 162 cm³/mol. The van der Waals surface area contributed by atoms with Gasteiger partial charge in [-0.05, 0) is 97.1 Å². The first-order chi connectivity index (χ1) is 20.1. The van der Waals surface area contributed by atoms with E-state index >= 15 is 0 Å². The Kier molecular flexibility index (Phi) is 7.34. The molecule has 204 valence electrons. The Labute approximate surface area is 242 Å². The molecule has 3 N–H and O–H groups in total. The summed E-state index contributed by atoms with van der Waals surface area (Å²) in [4.78, 5) is 19.2. The number of anilines is 2. The fraction of sp³-hybridized carbons (Fsp3) is 0.0938. The highest BCUT2D eigenvalue weighted by Gasteiger charge is 2.42. The van der Waals surface area contributed by atoms with Gasteiger partial charge in [-0.25, -0.2) is 0 Å². The first-order valence-corrected chi connectivity index (χ1v) is 13.5. The van der Waals surface area contributed by atoms with Crippen molar-refractivity contribution in [2.45, 2.75) is 12.1 Å².